The van der Waals surface area contributed by atoms with Gasteiger partial charge in [-0.3, -0.25) is 4.79 Å². The molecular formula is C22H28N5O4S+. The number of nitrogens with zero attached hydrogens (tertiary/aromatic N) is 2. The third-order valence-corrected chi connectivity index (χ3v) is 7.68. The van der Waals surface area contributed by atoms with Gasteiger partial charge in [-0.05, 0) is 45.2 Å². The minimum Gasteiger partial charge on any atom is -0.337 e. The molecular weight excluding hydrogens is 430 g/mol. The Balaban J connectivity index is 1.60. The Bertz CT molecular complexity index is 1140. The van der Waals surface area contributed by atoms with Crippen LogP contribution in [0.5, 0.6) is 0 Å². The fourth-order valence-corrected chi connectivity index (χ4v) is 5.39. The van der Waals surface area contributed by atoms with E-state index in [2.05, 4.69) is 15.4 Å². The Labute approximate surface area is 187 Å². The van der Waals surface area contributed by atoms with Crippen LogP contribution < -0.4 is 24.8 Å². The summed E-state index contributed by atoms with van der Waals surface area (Å²) in [7, 11) is -2.02. The molecule has 170 valence electrons. The Kier molecular flexibility index (Phi) is 6.02. The normalized spacial score (nSPS) is 23.0. The summed E-state index contributed by atoms with van der Waals surface area (Å²) in [4.78, 5) is 27.8. The van der Waals surface area contributed by atoms with Crippen LogP contribution in [-0.2, 0) is 26.0 Å². The van der Waals surface area contributed by atoms with Crippen LogP contribution in [0.25, 0.3) is 0 Å². The number of likely N-dealkylation sites (N-methyl/N-ethyl adjacent to an activating group) is 1. The summed E-state index contributed by atoms with van der Waals surface area (Å²) >= 11 is 0. The van der Waals surface area contributed by atoms with Crippen molar-refractivity contribution in [1.82, 2.24) is 15.4 Å². The van der Waals surface area contributed by atoms with E-state index in [1.807, 2.05) is 29.8 Å². The van der Waals surface area contributed by atoms with Crippen LogP contribution in [0.2, 0.25) is 0 Å². The van der Waals surface area contributed by atoms with E-state index < -0.39 is 28.1 Å². The van der Waals surface area contributed by atoms with E-state index >= 15 is 0 Å². The molecule has 32 heavy (non-hydrogen) atoms. The molecule has 0 saturated carbocycles. The summed E-state index contributed by atoms with van der Waals surface area (Å²) in [6, 6.07) is 10.1. The van der Waals surface area contributed by atoms with Gasteiger partial charge in [-0.1, -0.05) is 18.2 Å². The van der Waals surface area contributed by atoms with E-state index in [-0.39, 0.29) is 29.3 Å². The zero-order valence-corrected chi connectivity index (χ0v) is 19.1. The van der Waals surface area contributed by atoms with Crippen molar-refractivity contribution >= 4 is 27.7 Å². The maximum absolute atomic E-state index is 13.5. The van der Waals surface area contributed by atoms with Crippen molar-refractivity contribution in [3.8, 4) is 0 Å². The number of sulfonamides is 1. The molecule has 2 amide bonds. The minimum absolute atomic E-state index is 0.0691. The van der Waals surface area contributed by atoms with Gasteiger partial charge >= 0.3 is 5.91 Å². The first kappa shape index (κ1) is 22.4. The maximum atomic E-state index is 13.5. The highest BCUT2D eigenvalue weighted by atomic mass is 32.2. The Morgan fingerprint density at radius 1 is 1.22 bits per heavy atom. The molecule has 4 atom stereocenters. The molecule has 0 aliphatic carbocycles. The number of amides is 2. The largest absolute Gasteiger partial charge is 0.337 e. The number of aromatic nitrogens is 1. The Hall–Kier alpha value is -2.82. The van der Waals surface area contributed by atoms with Crippen LogP contribution in [0.3, 0.4) is 0 Å². The van der Waals surface area contributed by atoms with E-state index in [0.29, 0.717) is 6.42 Å². The molecule has 1 aromatic carbocycles. The third kappa shape index (κ3) is 3.89. The van der Waals surface area contributed by atoms with E-state index in [1.54, 1.807) is 37.1 Å². The number of nitrogens with one attached hydrogen (secondary N) is 3. The summed E-state index contributed by atoms with van der Waals surface area (Å²) in [5.74, 6) is 0.266. The highest BCUT2D eigenvalue weighted by Crippen LogP contribution is 2.34. The zero-order valence-electron chi connectivity index (χ0n) is 18.3. The van der Waals surface area contributed by atoms with E-state index in [4.69, 9.17) is 0 Å². The lowest BCUT2D eigenvalue weighted by Gasteiger charge is -2.33. The Morgan fingerprint density at radius 2 is 1.94 bits per heavy atom. The summed E-state index contributed by atoms with van der Waals surface area (Å²) in [6.45, 7) is 3.69. The number of anilines is 1. The van der Waals surface area contributed by atoms with Gasteiger partial charge in [0.1, 0.15) is 12.1 Å². The number of carbonyl (C=O) groups excluding carboxylic acids is 2. The van der Waals surface area contributed by atoms with Crippen LogP contribution in [0.4, 0.5) is 5.82 Å². The SMILES string of the molecule is CNC(C)C(=O)NC1C(=O)N2c3c(ccc[n+]3C1C)CC2CNS(=O)(=O)c1ccccc1. The molecule has 0 radical (unpaired) electrons. The highest BCUT2D eigenvalue weighted by Gasteiger charge is 2.53. The molecule has 2 aliphatic rings. The lowest BCUT2D eigenvalue weighted by Crippen LogP contribution is -2.67. The van der Waals surface area contributed by atoms with Gasteiger partial charge in [-0.2, -0.15) is 4.90 Å². The van der Waals surface area contributed by atoms with Crippen LogP contribution in [0.15, 0.2) is 53.6 Å². The maximum Gasteiger partial charge on any atom is 0.336 e. The average molecular weight is 459 g/mol. The van der Waals surface area contributed by atoms with Crippen molar-refractivity contribution in [2.24, 2.45) is 0 Å². The van der Waals surface area contributed by atoms with E-state index in [9.17, 15) is 18.0 Å². The second-order valence-corrected chi connectivity index (χ2v) is 10.00. The van der Waals surface area contributed by atoms with Gasteiger partial charge in [-0.25, -0.2) is 22.5 Å². The molecule has 3 heterocycles. The van der Waals surface area contributed by atoms with Crippen molar-refractivity contribution in [2.45, 2.75) is 49.3 Å². The molecule has 4 rings (SSSR count). The molecule has 9 nitrogen and oxygen atoms in total. The van der Waals surface area contributed by atoms with Gasteiger partial charge in [0.25, 0.3) is 5.82 Å². The monoisotopic (exact) mass is 458 g/mol. The molecule has 0 bridgehead atoms. The number of hydrogen-bond donors (Lipinski definition) is 3. The zero-order chi connectivity index (χ0) is 23.0. The molecule has 0 spiro atoms. The summed E-state index contributed by atoms with van der Waals surface area (Å²) < 4.78 is 30.0. The second-order valence-electron chi connectivity index (χ2n) is 8.23. The van der Waals surface area contributed by atoms with Gasteiger partial charge in [-0.15, -0.1) is 0 Å². The van der Waals surface area contributed by atoms with Crippen LogP contribution >= 0.6 is 0 Å². The van der Waals surface area contributed by atoms with E-state index in [0.717, 1.165) is 11.4 Å². The van der Waals surface area contributed by atoms with Gasteiger partial charge in [0.05, 0.1) is 23.7 Å². The fourth-order valence-electron chi connectivity index (χ4n) is 4.29. The third-order valence-electron chi connectivity index (χ3n) is 6.24. The molecule has 3 N–H and O–H groups in total. The molecule has 0 saturated heterocycles. The first-order chi connectivity index (χ1) is 15.2. The molecule has 10 heteroatoms. The summed E-state index contributed by atoms with van der Waals surface area (Å²) in [5.41, 5.74) is 0.977. The molecule has 4 unspecified atom stereocenters. The highest BCUT2D eigenvalue weighted by molar-refractivity contribution is 7.89. The molecule has 1 aromatic heterocycles. The predicted molar refractivity (Wildman–Crippen MR) is 118 cm³/mol. The molecule has 2 aromatic rings. The van der Waals surface area contributed by atoms with Crippen molar-refractivity contribution in [3.63, 3.8) is 0 Å². The smallest absolute Gasteiger partial charge is 0.336 e. The Morgan fingerprint density at radius 3 is 2.62 bits per heavy atom. The number of carbonyl (C=O) groups is 2. The lowest BCUT2D eigenvalue weighted by molar-refractivity contribution is -0.710. The van der Waals surface area contributed by atoms with Crippen LogP contribution in [0, 0.1) is 0 Å². The lowest BCUT2D eigenvalue weighted by atomic mass is 10.0. The first-order valence-electron chi connectivity index (χ1n) is 10.6. The number of rotatable bonds is 7. The van der Waals surface area contributed by atoms with Crippen LogP contribution in [0.1, 0.15) is 25.5 Å². The van der Waals surface area contributed by atoms with Crippen molar-refractivity contribution < 1.29 is 22.6 Å². The number of benzene rings is 1. The topological polar surface area (TPSA) is 111 Å². The standard InChI is InChI=1S/C22H27N5O4S/c1-14(23-3)20(28)25-19-15(2)26-11-7-8-16-12-17(27(21(16)26)22(19)29)13-24-32(30,31)18-9-5-4-6-10-18/h4-11,14-15,17,19,23-24H,12-13H2,1-3H3/p+1. The van der Waals surface area contributed by atoms with Crippen LogP contribution in [-0.4, -0.2) is 52.0 Å². The first-order valence-corrected chi connectivity index (χ1v) is 12.1. The van der Waals surface area contributed by atoms with Gasteiger partial charge in [0, 0.05) is 12.0 Å². The quantitative estimate of drug-likeness (QED) is 0.501. The fraction of sp³-hybridized carbons (Fsp3) is 0.409. The van der Waals surface area contributed by atoms with Gasteiger partial charge < -0.3 is 10.6 Å². The molecule has 2 aliphatic heterocycles. The number of hydrogen-bond acceptors (Lipinski definition) is 5. The summed E-state index contributed by atoms with van der Waals surface area (Å²) in [6.07, 6.45) is 2.42. The van der Waals surface area contributed by atoms with E-state index in [1.165, 1.54) is 12.1 Å². The van der Waals surface area contributed by atoms with Crippen molar-refractivity contribution in [1.29, 1.82) is 0 Å². The van der Waals surface area contributed by atoms with Crippen molar-refractivity contribution in [3.05, 3.63) is 54.2 Å². The van der Waals surface area contributed by atoms with Gasteiger partial charge in [0.2, 0.25) is 15.9 Å². The number of pyridine rings is 1. The minimum atomic E-state index is -3.71. The van der Waals surface area contributed by atoms with Crippen molar-refractivity contribution in [2.75, 3.05) is 18.5 Å². The summed E-state index contributed by atoms with van der Waals surface area (Å²) in [5, 5.41) is 5.74. The van der Waals surface area contributed by atoms with Gasteiger partial charge in [0.15, 0.2) is 6.04 Å². The molecule has 0 fully saturated rings. The second kappa shape index (κ2) is 8.61. The average Bonchev–Trinajstić information content (AvgIpc) is 3.18. The predicted octanol–water partition coefficient (Wildman–Crippen LogP) is -0.122.